The molecule has 4 nitrogen and oxygen atoms in total. The molecule has 1 heterocycles. The van der Waals surface area contributed by atoms with E-state index in [2.05, 4.69) is 9.80 Å². The molecule has 0 aromatic carbocycles. The van der Waals surface area contributed by atoms with Gasteiger partial charge in [-0.05, 0) is 26.4 Å². The Morgan fingerprint density at radius 2 is 1.67 bits per heavy atom. The Morgan fingerprint density at radius 3 is 2.20 bits per heavy atom. The smallest absolute Gasteiger partial charge is 0.0593 e. The third-order valence-corrected chi connectivity index (χ3v) is 2.90. The van der Waals surface area contributed by atoms with Gasteiger partial charge in [0.05, 0.1) is 6.61 Å². The van der Waals surface area contributed by atoms with Crippen LogP contribution in [0.5, 0.6) is 0 Å². The van der Waals surface area contributed by atoms with Crippen LogP contribution in [0, 0.1) is 0 Å². The van der Waals surface area contributed by atoms with Gasteiger partial charge in [0.25, 0.3) is 0 Å². The van der Waals surface area contributed by atoms with E-state index in [0.717, 1.165) is 39.3 Å². The van der Waals surface area contributed by atoms with Gasteiger partial charge in [-0.2, -0.15) is 0 Å². The molecule has 0 aliphatic carbocycles. The molecule has 0 atom stereocenters. The fraction of sp³-hybridized carbons (Fsp3) is 1.00. The molecule has 1 saturated heterocycles. The summed E-state index contributed by atoms with van der Waals surface area (Å²) in [7, 11) is 0. The number of nitrogens with two attached hydrogens (primary N) is 1. The maximum atomic E-state index is 5.50. The molecule has 0 radical (unpaired) electrons. The summed E-state index contributed by atoms with van der Waals surface area (Å²) in [5, 5.41) is 0. The summed E-state index contributed by atoms with van der Waals surface area (Å²) in [5.74, 6) is 0. The molecule has 1 aliphatic heterocycles. The predicted octanol–water partition coefficient (Wildman–Crippen LogP) is -0.0107. The Hall–Kier alpha value is -0.160. The summed E-state index contributed by atoms with van der Waals surface area (Å²) < 4.78 is 5.36. The van der Waals surface area contributed by atoms with Crippen LogP contribution in [0.25, 0.3) is 0 Å². The summed E-state index contributed by atoms with van der Waals surface area (Å²) >= 11 is 0. The largest absolute Gasteiger partial charge is 0.380 e. The van der Waals surface area contributed by atoms with E-state index in [4.69, 9.17) is 10.5 Å². The molecule has 1 aliphatic rings. The molecule has 1 rings (SSSR count). The number of rotatable bonds is 7. The van der Waals surface area contributed by atoms with Crippen molar-refractivity contribution in [1.29, 1.82) is 0 Å². The highest BCUT2D eigenvalue weighted by molar-refractivity contribution is 4.71. The van der Waals surface area contributed by atoms with Gasteiger partial charge in [0, 0.05) is 39.3 Å². The van der Waals surface area contributed by atoms with E-state index < -0.39 is 0 Å². The molecule has 0 saturated carbocycles. The van der Waals surface area contributed by atoms with Gasteiger partial charge in [0.15, 0.2) is 0 Å². The van der Waals surface area contributed by atoms with Crippen molar-refractivity contribution in [3.8, 4) is 0 Å². The second-order valence-corrected chi connectivity index (χ2v) is 4.02. The van der Waals surface area contributed by atoms with Crippen molar-refractivity contribution in [2.45, 2.75) is 13.3 Å². The van der Waals surface area contributed by atoms with Crippen LogP contribution in [0.3, 0.4) is 0 Å². The van der Waals surface area contributed by atoms with Crippen molar-refractivity contribution < 1.29 is 4.74 Å². The van der Waals surface area contributed by atoms with E-state index in [9.17, 15) is 0 Å². The molecular weight excluding hydrogens is 190 g/mol. The lowest BCUT2D eigenvalue weighted by molar-refractivity contribution is 0.0807. The molecule has 0 unspecified atom stereocenters. The van der Waals surface area contributed by atoms with E-state index in [-0.39, 0.29) is 0 Å². The van der Waals surface area contributed by atoms with E-state index in [1.807, 2.05) is 6.92 Å². The van der Waals surface area contributed by atoms with E-state index in [1.165, 1.54) is 26.2 Å². The summed E-state index contributed by atoms with van der Waals surface area (Å²) in [5.41, 5.74) is 5.50. The fourth-order valence-corrected chi connectivity index (χ4v) is 1.89. The van der Waals surface area contributed by atoms with Crippen LogP contribution in [0.4, 0.5) is 0 Å². The lowest BCUT2D eigenvalue weighted by atomic mass is 10.3. The zero-order valence-electron chi connectivity index (χ0n) is 9.95. The molecule has 0 aromatic rings. The quantitative estimate of drug-likeness (QED) is 0.607. The van der Waals surface area contributed by atoms with Crippen molar-refractivity contribution in [2.24, 2.45) is 5.73 Å². The Balaban J connectivity index is 2.02. The van der Waals surface area contributed by atoms with Crippen molar-refractivity contribution in [3.05, 3.63) is 0 Å². The molecular formula is C11H25N3O. The van der Waals surface area contributed by atoms with Crippen molar-refractivity contribution in [3.63, 3.8) is 0 Å². The average Bonchev–Trinajstić information content (AvgIpc) is 2.28. The first-order chi connectivity index (χ1) is 7.36. The maximum Gasteiger partial charge on any atom is 0.0593 e. The minimum absolute atomic E-state index is 0.810. The van der Waals surface area contributed by atoms with Crippen LogP contribution in [0.1, 0.15) is 13.3 Å². The second kappa shape index (κ2) is 8.05. The van der Waals surface area contributed by atoms with Crippen LogP contribution in [0.2, 0.25) is 0 Å². The van der Waals surface area contributed by atoms with Gasteiger partial charge in [-0.1, -0.05) is 0 Å². The molecule has 1 fully saturated rings. The Kier molecular flexibility index (Phi) is 6.92. The first-order valence-corrected chi connectivity index (χ1v) is 6.09. The molecule has 0 bridgehead atoms. The molecule has 0 spiro atoms. The van der Waals surface area contributed by atoms with Crippen molar-refractivity contribution in [1.82, 2.24) is 9.80 Å². The molecule has 90 valence electrons. The van der Waals surface area contributed by atoms with Gasteiger partial charge >= 0.3 is 0 Å². The lowest BCUT2D eigenvalue weighted by Gasteiger charge is -2.34. The number of hydrogen-bond donors (Lipinski definition) is 1. The third kappa shape index (κ3) is 5.47. The average molecular weight is 215 g/mol. The summed E-state index contributed by atoms with van der Waals surface area (Å²) in [6, 6.07) is 0. The van der Waals surface area contributed by atoms with Gasteiger partial charge < -0.3 is 15.4 Å². The SMILES string of the molecule is CCOCCN1CCN(CCCN)CC1. The fourth-order valence-electron chi connectivity index (χ4n) is 1.89. The molecule has 0 aromatic heterocycles. The molecule has 0 amide bonds. The van der Waals surface area contributed by atoms with E-state index >= 15 is 0 Å². The van der Waals surface area contributed by atoms with Gasteiger partial charge in [-0.3, -0.25) is 4.90 Å². The highest BCUT2D eigenvalue weighted by Crippen LogP contribution is 2.01. The Bertz CT molecular complexity index is 147. The van der Waals surface area contributed by atoms with Crippen LogP contribution in [0.15, 0.2) is 0 Å². The third-order valence-electron chi connectivity index (χ3n) is 2.90. The highest BCUT2D eigenvalue weighted by atomic mass is 16.5. The summed E-state index contributed by atoms with van der Waals surface area (Å²) in [6.07, 6.45) is 1.12. The Labute approximate surface area is 93.4 Å². The summed E-state index contributed by atoms with van der Waals surface area (Å²) in [6.45, 7) is 11.5. The molecule has 2 N–H and O–H groups in total. The number of hydrogen-bond acceptors (Lipinski definition) is 4. The van der Waals surface area contributed by atoms with Crippen molar-refractivity contribution in [2.75, 3.05) is 59.0 Å². The van der Waals surface area contributed by atoms with Crippen LogP contribution in [-0.2, 0) is 4.74 Å². The van der Waals surface area contributed by atoms with Crippen molar-refractivity contribution >= 4 is 0 Å². The number of nitrogens with zero attached hydrogens (tertiary/aromatic N) is 2. The van der Waals surface area contributed by atoms with E-state index in [1.54, 1.807) is 0 Å². The monoisotopic (exact) mass is 215 g/mol. The second-order valence-electron chi connectivity index (χ2n) is 4.02. The molecule has 4 heteroatoms. The van der Waals surface area contributed by atoms with Crippen LogP contribution < -0.4 is 5.73 Å². The minimum atomic E-state index is 0.810. The van der Waals surface area contributed by atoms with Gasteiger partial charge in [0.2, 0.25) is 0 Å². The lowest BCUT2D eigenvalue weighted by Crippen LogP contribution is -2.47. The Morgan fingerprint density at radius 1 is 1.07 bits per heavy atom. The van der Waals surface area contributed by atoms with Crippen LogP contribution >= 0.6 is 0 Å². The highest BCUT2D eigenvalue weighted by Gasteiger charge is 2.15. The first kappa shape index (κ1) is 12.9. The van der Waals surface area contributed by atoms with Gasteiger partial charge in [-0.15, -0.1) is 0 Å². The standard InChI is InChI=1S/C11H25N3O/c1-2-15-11-10-14-8-6-13(7-9-14)5-3-4-12/h2-12H2,1H3. The number of ether oxygens (including phenoxy) is 1. The summed E-state index contributed by atoms with van der Waals surface area (Å²) in [4.78, 5) is 4.98. The minimum Gasteiger partial charge on any atom is -0.380 e. The predicted molar refractivity (Wildman–Crippen MR) is 63.0 cm³/mol. The number of piperazine rings is 1. The first-order valence-electron chi connectivity index (χ1n) is 6.09. The van der Waals surface area contributed by atoms with Gasteiger partial charge in [-0.25, -0.2) is 0 Å². The van der Waals surface area contributed by atoms with E-state index in [0.29, 0.717) is 0 Å². The zero-order valence-corrected chi connectivity index (χ0v) is 9.95. The maximum absolute atomic E-state index is 5.50. The topological polar surface area (TPSA) is 41.7 Å². The van der Waals surface area contributed by atoms with Crippen LogP contribution in [-0.4, -0.2) is 68.8 Å². The van der Waals surface area contributed by atoms with Gasteiger partial charge in [0.1, 0.15) is 0 Å². The molecule has 15 heavy (non-hydrogen) atoms. The zero-order chi connectivity index (χ0) is 10.9. The normalized spacial score (nSPS) is 19.6.